The number of halogens is 1. The van der Waals surface area contributed by atoms with Crippen LogP contribution in [-0.4, -0.2) is 30.8 Å². The summed E-state index contributed by atoms with van der Waals surface area (Å²) in [6.45, 7) is 2.52. The highest BCUT2D eigenvalue weighted by Crippen LogP contribution is 2.27. The number of rotatable bonds is 4. The van der Waals surface area contributed by atoms with Gasteiger partial charge in [-0.2, -0.15) is 9.57 Å². The summed E-state index contributed by atoms with van der Waals surface area (Å²) in [6, 6.07) is 9.65. The lowest BCUT2D eigenvalue weighted by molar-refractivity contribution is 0.455. The highest BCUT2D eigenvalue weighted by Gasteiger charge is 2.33. The SMILES string of the molecule is Cc1ncc(S(=O)(=O)N2CC[C@H](Cc3ccc(F)cc3)C2)cc1C#N. The lowest BCUT2D eigenvalue weighted by atomic mass is 9.99. The molecule has 2 heterocycles. The molecule has 0 amide bonds. The summed E-state index contributed by atoms with van der Waals surface area (Å²) in [4.78, 5) is 4.07. The van der Waals surface area contributed by atoms with E-state index < -0.39 is 10.0 Å². The van der Waals surface area contributed by atoms with Crippen molar-refractivity contribution in [2.45, 2.75) is 24.7 Å². The molecule has 1 aliphatic rings. The summed E-state index contributed by atoms with van der Waals surface area (Å²) in [5.74, 6) is -0.0892. The molecule has 0 aliphatic carbocycles. The molecular formula is C18H18FN3O2S. The predicted octanol–water partition coefficient (Wildman–Crippen LogP) is 2.65. The summed E-state index contributed by atoms with van der Waals surface area (Å²) in [7, 11) is -3.66. The van der Waals surface area contributed by atoms with Crippen LogP contribution < -0.4 is 0 Å². The summed E-state index contributed by atoms with van der Waals surface area (Å²) in [5.41, 5.74) is 1.77. The number of aryl methyl sites for hydroxylation is 1. The Morgan fingerprint density at radius 1 is 1.36 bits per heavy atom. The van der Waals surface area contributed by atoms with Crippen molar-refractivity contribution in [1.29, 1.82) is 5.26 Å². The van der Waals surface area contributed by atoms with Crippen LogP contribution in [0.25, 0.3) is 0 Å². The Bertz CT molecular complexity index is 920. The fraction of sp³-hybridized carbons (Fsp3) is 0.333. The molecule has 1 saturated heterocycles. The third-order valence-electron chi connectivity index (χ3n) is 4.51. The Kier molecular flexibility index (Phi) is 4.84. The number of pyridine rings is 1. The van der Waals surface area contributed by atoms with Gasteiger partial charge < -0.3 is 0 Å². The molecule has 1 atom stereocenters. The van der Waals surface area contributed by atoms with Gasteiger partial charge in [0.1, 0.15) is 16.8 Å². The van der Waals surface area contributed by atoms with E-state index in [2.05, 4.69) is 4.98 Å². The Morgan fingerprint density at radius 2 is 2.08 bits per heavy atom. The molecule has 1 aromatic heterocycles. The normalized spacial score (nSPS) is 18.2. The molecule has 3 rings (SSSR count). The number of nitrogens with zero attached hydrogens (tertiary/aromatic N) is 3. The molecule has 1 aliphatic heterocycles. The first-order valence-electron chi connectivity index (χ1n) is 8.01. The standard InChI is InChI=1S/C18H18FN3O2S/c1-13-16(10-20)9-18(11-21-13)25(23,24)22-7-6-15(12-22)8-14-2-4-17(19)5-3-14/h2-5,9,11,15H,6-8,12H2,1H3/t15-/m1/s1. The second kappa shape index (κ2) is 6.90. The van der Waals surface area contributed by atoms with Gasteiger partial charge in [-0.15, -0.1) is 0 Å². The van der Waals surface area contributed by atoms with Gasteiger partial charge in [0.2, 0.25) is 10.0 Å². The maximum Gasteiger partial charge on any atom is 0.244 e. The van der Waals surface area contributed by atoms with Crippen LogP contribution in [-0.2, 0) is 16.4 Å². The molecule has 5 nitrogen and oxygen atoms in total. The maximum atomic E-state index is 13.0. The zero-order valence-corrected chi connectivity index (χ0v) is 14.6. The number of sulfonamides is 1. The second-order valence-electron chi connectivity index (χ2n) is 6.26. The van der Waals surface area contributed by atoms with Gasteiger partial charge in [0.15, 0.2) is 0 Å². The highest BCUT2D eigenvalue weighted by molar-refractivity contribution is 7.89. The predicted molar refractivity (Wildman–Crippen MR) is 90.7 cm³/mol. The van der Waals surface area contributed by atoms with E-state index in [0.717, 1.165) is 12.0 Å². The second-order valence-corrected chi connectivity index (χ2v) is 8.20. The van der Waals surface area contributed by atoms with Crippen LogP contribution >= 0.6 is 0 Å². The van der Waals surface area contributed by atoms with E-state index in [1.807, 2.05) is 6.07 Å². The monoisotopic (exact) mass is 359 g/mol. The Labute approximate surface area is 146 Å². The molecule has 0 spiro atoms. The van der Waals surface area contributed by atoms with E-state index in [0.29, 0.717) is 25.2 Å². The Hall–Kier alpha value is -2.30. The molecule has 130 valence electrons. The molecule has 25 heavy (non-hydrogen) atoms. The zero-order valence-electron chi connectivity index (χ0n) is 13.8. The van der Waals surface area contributed by atoms with Crippen LogP contribution in [0.2, 0.25) is 0 Å². The van der Waals surface area contributed by atoms with Gasteiger partial charge in [-0.3, -0.25) is 4.98 Å². The number of nitriles is 1. The van der Waals surface area contributed by atoms with Crippen molar-refractivity contribution in [2.75, 3.05) is 13.1 Å². The van der Waals surface area contributed by atoms with E-state index >= 15 is 0 Å². The van der Waals surface area contributed by atoms with E-state index in [9.17, 15) is 12.8 Å². The molecule has 0 N–H and O–H groups in total. The Morgan fingerprint density at radius 3 is 2.76 bits per heavy atom. The van der Waals surface area contributed by atoms with Crippen molar-refractivity contribution in [2.24, 2.45) is 5.92 Å². The minimum atomic E-state index is -3.66. The fourth-order valence-electron chi connectivity index (χ4n) is 3.05. The van der Waals surface area contributed by atoms with Crippen molar-refractivity contribution in [3.8, 4) is 6.07 Å². The van der Waals surface area contributed by atoms with Crippen LogP contribution in [0, 0.1) is 30.0 Å². The highest BCUT2D eigenvalue weighted by atomic mass is 32.2. The molecule has 7 heteroatoms. The van der Waals surface area contributed by atoms with Crippen molar-refractivity contribution in [3.05, 3.63) is 59.2 Å². The van der Waals surface area contributed by atoms with Crippen molar-refractivity contribution >= 4 is 10.0 Å². The molecule has 0 bridgehead atoms. The van der Waals surface area contributed by atoms with Crippen LogP contribution in [0.1, 0.15) is 23.2 Å². The lowest BCUT2D eigenvalue weighted by Crippen LogP contribution is -2.29. The Balaban J connectivity index is 1.74. The van der Waals surface area contributed by atoms with Gasteiger partial charge in [0.25, 0.3) is 0 Å². The average molecular weight is 359 g/mol. The van der Waals surface area contributed by atoms with E-state index in [4.69, 9.17) is 5.26 Å². The third kappa shape index (κ3) is 3.70. The van der Waals surface area contributed by atoms with Gasteiger partial charge in [-0.25, -0.2) is 12.8 Å². The minimum absolute atomic E-state index is 0.0529. The molecule has 0 unspecified atom stereocenters. The number of benzene rings is 1. The lowest BCUT2D eigenvalue weighted by Gasteiger charge is -2.17. The average Bonchev–Trinajstić information content (AvgIpc) is 3.06. The third-order valence-corrected chi connectivity index (χ3v) is 6.34. The van der Waals surface area contributed by atoms with Crippen LogP contribution in [0.3, 0.4) is 0 Å². The van der Waals surface area contributed by atoms with Crippen LogP contribution in [0.5, 0.6) is 0 Å². The summed E-state index contributed by atoms with van der Waals surface area (Å²) < 4.78 is 40.0. The van der Waals surface area contributed by atoms with Crippen molar-refractivity contribution in [1.82, 2.24) is 9.29 Å². The van der Waals surface area contributed by atoms with Gasteiger partial charge in [0.05, 0.1) is 11.3 Å². The van der Waals surface area contributed by atoms with Crippen molar-refractivity contribution < 1.29 is 12.8 Å². The zero-order chi connectivity index (χ0) is 18.0. The summed E-state index contributed by atoms with van der Waals surface area (Å²) in [5, 5.41) is 9.07. The maximum absolute atomic E-state index is 13.0. The first-order valence-corrected chi connectivity index (χ1v) is 9.45. The smallest absolute Gasteiger partial charge is 0.244 e. The van der Waals surface area contributed by atoms with Gasteiger partial charge in [-0.1, -0.05) is 12.1 Å². The fourth-order valence-corrected chi connectivity index (χ4v) is 4.56. The molecule has 2 aromatic rings. The summed E-state index contributed by atoms with van der Waals surface area (Å²) >= 11 is 0. The summed E-state index contributed by atoms with van der Waals surface area (Å²) in [6.07, 6.45) is 2.77. The first-order chi connectivity index (χ1) is 11.9. The molecule has 1 fully saturated rings. The number of hydrogen-bond acceptors (Lipinski definition) is 4. The number of aromatic nitrogens is 1. The largest absolute Gasteiger partial charge is 0.259 e. The molecule has 0 saturated carbocycles. The van der Waals surface area contributed by atoms with Gasteiger partial charge in [-0.05, 0) is 49.4 Å². The van der Waals surface area contributed by atoms with E-state index in [-0.39, 0.29) is 22.2 Å². The van der Waals surface area contributed by atoms with Crippen molar-refractivity contribution in [3.63, 3.8) is 0 Å². The van der Waals surface area contributed by atoms with E-state index in [1.165, 1.54) is 28.7 Å². The van der Waals surface area contributed by atoms with E-state index in [1.54, 1.807) is 19.1 Å². The molecule has 1 aromatic carbocycles. The minimum Gasteiger partial charge on any atom is -0.259 e. The van der Waals surface area contributed by atoms with Gasteiger partial charge in [0, 0.05) is 19.3 Å². The number of hydrogen-bond donors (Lipinski definition) is 0. The quantitative estimate of drug-likeness (QED) is 0.841. The van der Waals surface area contributed by atoms with Gasteiger partial charge >= 0.3 is 0 Å². The van der Waals surface area contributed by atoms with Crippen LogP contribution in [0.15, 0.2) is 41.4 Å². The molecular weight excluding hydrogens is 341 g/mol. The van der Waals surface area contributed by atoms with Crippen LogP contribution in [0.4, 0.5) is 4.39 Å². The topological polar surface area (TPSA) is 74.1 Å². The first kappa shape index (κ1) is 17.5. The molecule has 0 radical (unpaired) electrons.